The molecule has 2 nitrogen and oxygen atoms in total. The van der Waals surface area contributed by atoms with Crippen molar-refractivity contribution in [1.82, 2.24) is 4.98 Å². The minimum atomic E-state index is 0.221. The van der Waals surface area contributed by atoms with Gasteiger partial charge in [0.05, 0.1) is 11.7 Å². The Morgan fingerprint density at radius 2 is 2.05 bits per heavy atom. The standard InChI is InChI=1S/C14H16Cl2N2S/c1-8(2)12(10-5-4-6-19-10)18-13-9(3)7-11(15)17-14(13)16/h4-8,12,18H,1-3H3. The maximum absolute atomic E-state index is 6.19. The van der Waals surface area contributed by atoms with Crippen LogP contribution in [0.25, 0.3) is 0 Å². The van der Waals surface area contributed by atoms with E-state index in [2.05, 4.69) is 41.7 Å². The molecule has 0 aromatic carbocycles. The highest BCUT2D eigenvalue weighted by Crippen LogP contribution is 2.34. The van der Waals surface area contributed by atoms with Crippen molar-refractivity contribution < 1.29 is 0 Å². The summed E-state index contributed by atoms with van der Waals surface area (Å²) in [6.07, 6.45) is 0. The van der Waals surface area contributed by atoms with E-state index in [-0.39, 0.29) is 6.04 Å². The normalized spacial score (nSPS) is 12.7. The molecule has 0 radical (unpaired) electrons. The smallest absolute Gasteiger partial charge is 0.154 e. The molecule has 1 N–H and O–H groups in total. The Morgan fingerprint density at radius 1 is 1.32 bits per heavy atom. The monoisotopic (exact) mass is 314 g/mol. The second-order valence-electron chi connectivity index (χ2n) is 4.81. The Kier molecular flexibility index (Phi) is 4.71. The Labute approximate surface area is 127 Å². The first-order chi connectivity index (χ1) is 8.99. The molecule has 19 heavy (non-hydrogen) atoms. The molecule has 0 aliphatic rings. The number of rotatable bonds is 4. The van der Waals surface area contributed by atoms with Gasteiger partial charge in [-0.15, -0.1) is 11.3 Å². The molecule has 0 saturated carbocycles. The van der Waals surface area contributed by atoms with Gasteiger partial charge in [0.1, 0.15) is 5.15 Å². The molecule has 0 aliphatic carbocycles. The summed E-state index contributed by atoms with van der Waals surface area (Å²) < 4.78 is 0. The quantitative estimate of drug-likeness (QED) is 0.746. The van der Waals surface area contributed by atoms with E-state index in [1.807, 2.05) is 13.0 Å². The summed E-state index contributed by atoms with van der Waals surface area (Å²) in [5.74, 6) is 0.449. The van der Waals surface area contributed by atoms with Crippen LogP contribution < -0.4 is 5.32 Å². The second-order valence-corrected chi connectivity index (χ2v) is 6.53. The zero-order chi connectivity index (χ0) is 14.0. The fourth-order valence-corrected chi connectivity index (χ4v) is 3.49. The van der Waals surface area contributed by atoms with Gasteiger partial charge in [0.25, 0.3) is 0 Å². The first-order valence-electron chi connectivity index (χ1n) is 6.11. The molecule has 0 aliphatic heterocycles. The van der Waals surface area contributed by atoms with Gasteiger partial charge in [-0.1, -0.05) is 43.1 Å². The van der Waals surface area contributed by atoms with Crippen molar-refractivity contribution >= 4 is 40.2 Å². The van der Waals surface area contributed by atoms with Crippen LogP contribution in [0.1, 0.15) is 30.3 Å². The van der Waals surface area contributed by atoms with Gasteiger partial charge in [-0.05, 0) is 35.9 Å². The van der Waals surface area contributed by atoms with Crippen molar-refractivity contribution in [2.45, 2.75) is 26.8 Å². The van der Waals surface area contributed by atoms with E-state index in [0.29, 0.717) is 16.2 Å². The maximum atomic E-state index is 6.19. The van der Waals surface area contributed by atoms with E-state index >= 15 is 0 Å². The maximum Gasteiger partial charge on any atom is 0.154 e. The van der Waals surface area contributed by atoms with Crippen molar-refractivity contribution in [3.8, 4) is 0 Å². The van der Waals surface area contributed by atoms with Gasteiger partial charge in [-0.3, -0.25) is 0 Å². The minimum absolute atomic E-state index is 0.221. The summed E-state index contributed by atoms with van der Waals surface area (Å²) in [4.78, 5) is 5.39. The predicted octanol–water partition coefficient (Wildman–Crippen LogP) is 5.57. The highest BCUT2D eigenvalue weighted by atomic mass is 35.5. The van der Waals surface area contributed by atoms with E-state index in [0.717, 1.165) is 11.3 Å². The van der Waals surface area contributed by atoms with Gasteiger partial charge < -0.3 is 5.32 Å². The first kappa shape index (κ1) is 14.6. The molecule has 0 amide bonds. The van der Waals surface area contributed by atoms with E-state index in [1.165, 1.54) is 4.88 Å². The summed E-state index contributed by atoms with van der Waals surface area (Å²) in [7, 11) is 0. The van der Waals surface area contributed by atoms with Gasteiger partial charge >= 0.3 is 0 Å². The predicted molar refractivity (Wildman–Crippen MR) is 84.5 cm³/mol. The molecule has 1 atom stereocenters. The minimum Gasteiger partial charge on any atom is -0.374 e. The number of nitrogens with zero attached hydrogens (tertiary/aromatic N) is 1. The number of hydrogen-bond donors (Lipinski definition) is 1. The van der Waals surface area contributed by atoms with Crippen LogP contribution in [-0.2, 0) is 0 Å². The van der Waals surface area contributed by atoms with Crippen LogP contribution >= 0.6 is 34.5 Å². The molecule has 5 heteroatoms. The van der Waals surface area contributed by atoms with Crippen molar-refractivity contribution in [2.24, 2.45) is 5.92 Å². The molecule has 0 spiro atoms. The van der Waals surface area contributed by atoms with E-state index in [1.54, 1.807) is 11.3 Å². The molecule has 0 bridgehead atoms. The number of nitrogens with one attached hydrogen (secondary N) is 1. The molecule has 0 saturated heterocycles. The van der Waals surface area contributed by atoms with Gasteiger partial charge in [0.15, 0.2) is 5.15 Å². The van der Waals surface area contributed by atoms with Crippen molar-refractivity contribution in [2.75, 3.05) is 5.32 Å². The molecular formula is C14H16Cl2N2S. The number of aromatic nitrogens is 1. The highest BCUT2D eigenvalue weighted by molar-refractivity contribution is 7.10. The SMILES string of the molecule is Cc1cc(Cl)nc(Cl)c1NC(c1cccs1)C(C)C. The molecule has 2 aromatic rings. The lowest BCUT2D eigenvalue weighted by Gasteiger charge is -2.24. The molecule has 2 aromatic heterocycles. The highest BCUT2D eigenvalue weighted by Gasteiger charge is 2.19. The molecule has 1 unspecified atom stereocenters. The molecule has 2 heterocycles. The lowest BCUT2D eigenvalue weighted by molar-refractivity contribution is 0.553. The third-order valence-corrected chi connectivity index (χ3v) is 4.38. The number of pyridine rings is 1. The average Bonchev–Trinajstić information content (AvgIpc) is 2.80. The van der Waals surface area contributed by atoms with Crippen molar-refractivity contribution in [3.63, 3.8) is 0 Å². The number of halogens is 2. The Morgan fingerprint density at radius 3 is 2.58 bits per heavy atom. The Balaban J connectivity index is 2.33. The van der Waals surface area contributed by atoms with Crippen molar-refractivity contribution in [1.29, 1.82) is 0 Å². The molecular weight excluding hydrogens is 299 g/mol. The van der Waals surface area contributed by atoms with Crippen LogP contribution in [0.5, 0.6) is 0 Å². The van der Waals surface area contributed by atoms with E-state index in [9.17, 15) is 0 Å². The topological polar surface area (TPSA) is 24.9 Å². The number of anilines is 1. The zero-order valence-corrected chi connectivity index (χ0v) is 13.4. The summed E-state index contributed by atoms with van der Waals surface area (Å²) in [6, 6.07) is 6.24. The third-order valence-electron chi connectivity index (χ3n) is 2.96. The lowest BCUT2D eigenvalue weighted by atomic mass is 10.0. The molecule has 2 rings (SSSR count). The summed E-state index contributed by atoms with van der Waals surface area (Å²) in [6.45, 7) is 6.35. The zero-order valence-electron chi connectivity index (χ0n) is 11.1. The van der Waals surface area contributed by atoms with Gasteiger partial charge in [-0.25, -0.2) is 4.98 Å². The molecule has 0 fully saturated rings. The van der Waals surface area contributed by atoms with Gasteiger partial charge in [0, 0.05) is 4.88 Å². The third kappa shape index (κ3) is 3.41. The first-order valence-corrected chi connectivity index (χ1v) is 7.75. The van der Waals surface area contributed by atoms with Crippen LogP contribution in [0.15, 0.2) is 23.6 Å². The Hall–Kier alpha value is -0.770. The average molecular weight is 315 g/mol. The van der Waals surface area contributed by atoms with Gasteiger partial charge in [0.2, 0.25) is 0 Å². The van der Waals surface area contributed by atoms with E-state index < -0.39 is 0 Å². The fraction of sp³-hybridized carbons (Fsp3) is 0.357. The lowest BCUT2D eigenvalue weighted by Crippen LogP contribution is -2.16. The number of hydrogen-bond acceptors (Lipinski definition) is 3. The van der Waals surface area contributed by atoms with E-state index in [4.69, 9.17) is 23.2 Å². The Bertz CT molecular complexity index is 530. The van der Waals surface area contributed by atoms with Crippen LogP contribution in [0.3, 0.4) is 0 Å². The van der Waals surface area contributed by atoms with Crippen LogP contribution in [-0.4, -0.2) is 4.98 Å². The summed E-state index contributed by atoms with van der Waals surface area (Å²) >= 11 is 13.8. The largest absolute Gasteiger partial charge is 0.374 e. The van der Waals surface area contributed by atoms with Crippen molar-refractivity contribution in [3.05, 3.63) is 44.3 Å². The number of aryl methyl sites for hydroxylation is 1. The summed E-state index contributed by atoms with van der Waals surface area (Å²) in [5, 5.41) is 6.43. The van der Waals surface area contributed by atoms with Crippen LogP contribution in [0, 0.1) is 12.8 Å². The molecule has 102 valence electrons. The fourth-order valence-electron chi connectivity index (χ4n) is 1.96. The van der Waals surface area contributed by atoms with Gasteiger partial charge in [-0.2, -0.15) is 0 Å². The van der Waals surface area contributed by atoms with Crippen LogP contribution in [0.4, 0.5) is 5.69 Å². The summed E-state index contributed by atoms with van der Waals surface area (Å²) in [5.41, 5.74) is 1.87. The second kappa shape index (κ2) is 6.12. The number of thiophene rings is 1. The van der Waals surface area contributed by atoms with Crippen LogP contribution in [0.2, 0.25) is 10.3 Å².